The first-order valence-corrected chi connectivity index (χ1v) is 5.65. The molecule has 0 aromatic heterocycles. The van der Waals surface area contributed by atoms with Crippen LogP contribution in [0.1, 0.15) is 39.0 Å². The molecule has 0 amide bonds. The van der Waals surface area contributed by atoms with Gasteiger partial charge in [-0.2, -0.15) is 0 Å². The lowest BCUT2D eigenvalue weighted by molar-refractivity contribution is 0.0307. The Morgan fingerprint density at radius 1 is 1.29 bits per heavy atom. The second kappa shape index (κ2) is 7.84. The number of rotatable bonds is 5. The average Bonchev–Trinajstić information content (AvgIpc) is 2.25. The van der Waals surface area contributed by atoms with Gasteiger partial charge in [0.25, 0.3) is 0 Å². The summed E-state index contributed by atoms with van der Waals surface area (Å²) in [4.78, 5) is 0. The highest BCUT2D eigenvalue weighted by molar-refractivity contribution is 4.96. The van der Waals surface area contributed by atoms with E-state index in [-0.39, 0.29) is 0 Å². The van der Waals surface area contributed by atoms with Crippen molar-refractivity contribution in [2.75, 3.05) is 19.7 Å². The van der Waals surface area contributed by atoms with Gasteiger partial charge >= 0.3 is 0 Å². The Labute approximate surface area is 87.4 Å². The zero-order valence-electron chi connectivity index (χ0n) is 9.14. The molecule has 80 valence electrons. The van der Waals surface area contributed by atoms with Gasteiger partial charge in [0.1, 0.15) is 0 Å². The summed E-state index contributed by atoms with van der Waals surface area (Å²) in [7, 11) is 0. The van der Waals surface area contributed by atoms with Gasteiger partial charge in [-0.1, -0.05) is 25.2 Å². The van der Waals surface area contributed by atoms with Gasteiger partial charge in [-0.05, 0) is 19.8 Å². The van der Waals surface area contributed by atoms with Crippen molar-refractivity contribution in [3.05, 3.63) is 0 Å². The highest BCUT2D eigenvalue weighted by atomic mass is 16.5. The Bertz CT molecular complexity index is 186. The van der Waals surface area contributed by atoms with E-state index in [1.807, 2.05) is 6.92 Å². The van der Waals surface area contributed by atoms with Gasteiger partial charge in [-0.3, -0.25) is 0 Å². The maximum Gasteiger partial charge on any atom is 0.0595 e. The van der Waals surface area contributed by atoms with Crippen LogP contribution in [0.3, 0.4) is 0 Å². The first-order valence-electron chi connectivity index (χ1n) is 5.65. The van der Waals surface area contributed by atoms with Gasteiger partial charge < -0.3 is 10.1 Å². The van der Waals surface area contributed by atoms with Crippen LogP contribution in [0.15, 0.2) is 0 Å². The Morgan fingerprint density at radius 2 is 2.07 bits per heavy atom. The molecule has 1 N–H and O–H groups in total. The summed E-state index contributed by atoms with van der Waals surface area (Å²) in [6.45, 7) is 4.39. The summed E-state index contributed by atoms with van der Waals surface area (Å²) in [5.41, 5.74) is 0. The number of hydrogen-bond acceptors (Lipinski definition) is 2. The van der Waals surface area contributed by atoms with E-state index in [0.717, 1.165) is 19.7 Å². The van der Waals surface area contributed by atoms with Crippen molar-refractivity contribution in [3.63, 3.8) is 0 Å². The van der Waals surface area contributed by atoms with Crippen LogP contribution in [-0.4, -0.2) is 25.8 Å². The molecule has 1 aliphatic carbocycles. The van der Waals surface area contributed by atoms with Gasteiger partial charge in [0.05, 0.1) is 19.3 Å². The predicted molar refractivity (Wildman–Crippen MR) is 59.1 cm³/mol. The maximum atomic E-state index is 5.75. The van der Waals surface area contributed by atoms with Crippen molar-refractivity contribution in [1.82, 2.24) is 5.32 Å². The highest BCUT2D eigenvalue weighted by Gasteiger charge is 2.12. The van der Waals surface area contributed by atoms with Gasteiger partial charge in [0.2, 0.25) is 0 Å². The number of hydrogen-bond donors (Lipinski definition) is 1. The van der Waals surface area contributed by atoms with Crippen LogP contribution in [0.25, 0.3) is 0 Å². The van der Waals surface area contributed by atoms with Crippen molar-refractivity contribution in [2.45, 2.75) is 45.1 Å². The molecule has 0 aliphatic heterocycles. The fourth-order valence-electron chi connectivity index (χ4n) is 1.77. The molecule has 2 nitrogen and oxygen atoms in total. The van der Waals surface area contributed by atoms with Crippen molar-refractivity contribution in [3.8, 4) is 11.8 Å². The first-order chi connectivity index (χ1) is 6.93. The molecule has 0 saturated heterocycles. The van der Waals surface area contributed by atoms with Gasteiger partial charge in [0, 0.05) is 6.54 Å². The molecular formula is C12H21NO. The Balaban J connectivity index is 1.89. The molecule has 0 atom stereocenters. The Hall–Kier alpha value is -0.520. The third-order valence-electron chi connectivity index (χ3n) is 2.57. The molecule has 0 radical (unpaired) electrons. The molecule has 1 rings (SSSR count). The van der Waals surface area contributed by atoms with Gasteiger partial charge in [-0.25, -0.2) is 0 Å². The molecule has 0 aromatic rings. The lowest BCUT2D eigenvalue weighted by Gasteiger charge is -2.21. The van der Waals surface area contributed by atoms with E-state index < -0.39 is 0 Å². The number of ether oxygens (including phenoxy) is 1. The fourth-order valence-corrected chi connectivity index (χ4v) is 1.77. The largest absolute Gasteiger partial charge is 0.377 e. The molecule has 1 fully saturated rings. The maximum absolute atomic E-state index is 5.75. The van der Waals surface area contributed by atoms with E-state index in [9.17, 15) is 0 Å². The fraction of sp³-hybridized carbons (Fsp3) is 0.833. The minimum absolute atomic E-state index is 0.530. The SMILES string of the molecule is CC#CCNCCOC1CCCCC1. The minimum atomic E-state index is 0.530. The molecule has 0 unspecified atom stereocenters. The first kappa shape index (κ1) is 11.6. The molecule has 14 heavy (non-hydrogen) atoms. The molecule has 0 heterocycles. The summed E-state index contributed by atoms with van der Waals surface area (Å²) in [6.07, 6.45) is 7.13. The Kier molecular flexibility index (Phi) is 6.47. The lowest BCUT2D eigenvalue weighted by Crippen LogP contribution is -2.24. The zero-order chi connectivity index (χ0) is 10.1. The van der Waals surface area contributed by atoms with Gasteiger partial charge in [0.15, 0.2) is 0 Å². The summed E-state index contributed by atoms with van der Waals surface area (Å²) >= 11 is 0. The van der Waals surface area contributed by atoms with E-state index in [4.69, 9.17) is 4.74 Å². The third kappa shape index (κ3) is 5.26. The van der Waals surface area contributed by atoms with Crippen LogP contribution in [0.4, 0.5) is 0 Å². The van der Waals surface area contributed by atoms with Crippen LogP contribution in [-0.2, 0) is 4.74 Å². The highest BCUT2D eigenvalue weighted by Crippen LogP contribution is 2.19. The Morgan fingerprint density at radius 3 is 2.79 bits per heavy atom. The third-order valence-corrected chi connectivity index (χ3v) is 2.57. The van der Waals surface area contributed by atoms with Crippen LogP contribution in [0.5, 0.6) is 0 Å². The van der Waals surface area contributed by atoms with Crippen molar-refractivity contribution < 1.29 is 4.74 Å². The summed E-state index contributed by atoms with van der Waals surface area (Å²) in [6, 6.07) is 0. The molecule has 1 saturated carbocycles. The zero-order valence-corrected chi connectivity index (χ0v) is 9.14. The smallest absolute Gasteiger partial charge is 0.0595 e. The molecule has 0 bridgehead atoms. The standard InChI is InChI=1S/C12H21NO/c1-2-3-9-13-10-11-14-12-7-5-4-6-8-12/h12-13H,4-11H2,1H3. The summed E-state index contributed by atoms with van der Waals surface area (Å²) < 4.78 is 5.75. The van der Waals surface area contributed by atoms with E-state index in [0.29, 0.717) is 6.10 Å². The molecular weight excluding hydrogens is 174 g/mol. The van der Waals surface area contributed by atoms with E-state index in [1.54, 1.807) is 0 Å². The van der Waals surface area contributed by atoms with Crippen LogP contribution < -0.4 is 5.32 Å². The molecule has 0 aromatic carbocycles. The second-order valence-corrected chi connectivity index (χ2v) is 3.73. The molecule has 1 aliphatic rings. The quantitative estimate of drug-likeness (QED) is 0.535. The van der Waals surface area contributed by atoms with Crippen LogP contribution >= 0.6 is 0 Å². The predicted octanol–water partition coefficient (Wildman–Crippen LogP) is 1.95. The van der Waals surface area contributed by atoms with E-state index >= 15 is 0 Å². The number of nitrogens with one attached hydrogen (secondary N) is 1. The summed E-state index contributed by atoms with van der Waals surface area (Å²) in [5, 5.41) is 3.23. The molecule has 0 spiro atoms. The van der Waals surface area contributed by atoms with E-state index in [1.165, 1.54) is 32.1 Å². The monoisotopic (exact) mass is 195 g/mol. The minimum Gasteiger partial charge on any atom is -0.377 e. The second-order valence-electron chi connectivity index (χ2n) is 3.73. The normalized spacial score (nSPS) is 17.5. The van der Waals surface area contributed by atoms with Gasteiger partial charge in [-0.15, -0.1) is 5.92 Å². The molecule has 2 heteroatoms. The van der Waals surface area contributed by atoms with E-state index in [2.05, 4.69) is 17.2 Å². The summed E-state index contributed by atoms with van der Waals surface area (Å²) in [5.74, 6) is 5.82. The average molecular weight is 195 g/mol. The van der Waals surface area contributed by atoms with Crippen LogP contribution in [0.2, 0.25) is 0 Å². The van der Waals surface area contributed by atoms with Crippen LogP contribution in [0, 0.1) is 11.8 Å². The lowest BCUT2D eigenvalue weighted by atomic mass is 9.98. The van der Waals surface area contributed by atoms with Crippen molar-refractivity contribution in [1.29, 1.82) is 0 Å². The van der Waals surface area contributed by atoms with Crippen molar-refractivity contribution in [2.24, 2.45) is 0 Å². The topological polar surface area (TPSA) is 21.3 Å². The van der Waals surface area contributed by atoms with Crippen molar-refractivity contribution >= 4 is 0 Å².